The van der Waals surface area contributed by atoms with E-state index in [1.54, 1.807) is 0 Å². The van der Waals surface area contributed by atoms with Crippen LogP contribution in [0, 0.1) is 0 Å². The lowest BCUT2D eigenvalue weighted by Crippen LogP contribution is -2.39. The molecule has 104 valence electrons. The van der Waals surface area contributed by atoms with Crippen LogP contribution in [0.1, 0.15) is 18.2 Å². The zero-order valence-electron chi connectivity index (χ0n) is 11.2. The second kappa shape index (κ2) is 8.16. The van der Waals surface area contributed by atoms with Gasteiger partial charge in [-0.05, 0) is 31.7 Å². The number of pyridine rings is 1. The van der Waals surface area contributed by atoms with Gasteiger partial charge in [-0.15, -0.1) is 24.8 Å². The number of hydrogen-bond acceptors (Lipinski definition) is 2. The molecule has 0 fully saturated rings. The minimum Gasteiger partial charge on any atom is -0.310 e. The Morgan fingerprint density at radius 3 is 2.16 bits per heavy atom. The van der Waals surface area contributed by atoms with E-state index in [4.69, 9.17) is 0 Å². The highest BCUT2D eigenvalue weighted by Gasteiger charge is 2.24. The summed E-state index contributed by atoms with van der Waals surface area (Å²) in [5.74, 6) is 0. The summed E-state index contributed by atoms with van der Waals surface area (Å²) in [6.07, 6.45) is 2.73. The Morgan fingerprint density at radius 1 is 1.00 bits per heavy atom. The average molecular weight is 299 g/mol. The van der Waals surface area contributed by atoms with Gasteiger partial charge in [0.2, 0.25) is 0 Å². The summed E-state index contributed by atoms with van der Waals surface area (Å²) in [4.78, 5) is 4.40. The van der Waals surface area contributed by atoms with Crippen LogP contribution in [-0.2, 0) is 12.0 Å². The molecule has 1 aromatic heterocycles. The van der Waals surface area contributed by atoms with Crippen LogP contribution < -0.4 is 5.32 Å². The number of rotatable bonds is 4. The van der Waals surface area contributed by atoms with Gasteiger partial charge < -0.3 is 5.32 Å². The third-order valence-electron chi connectivity index (χ3n) is 3.22. The Morgan fingerprint density at radius 2 is 1.63 bits per heavy atom. The van der Waals surface area contributed by atoms with Gasteiger partial charge in [-0.25, -0.2) is 0 Å². The lowest BCUT2D eigenvalue weighted by atomic mass is 9.87. The monoisotopic (exact) mass is 298 g/mol. The Hall–Kier alpha value is -1.09. The zero-order chi connectivity index (χ0) is 12.1. The first-order valence-corrected chi connectivity index (χ1v) is 5.89. The minimum absolute atomic E-state index is 0. The number of hydrogen-bond donors (Lipinski definition) is 1. The summed E-state index contributed by atoms with van der Waals surface area (Å²) in [5.41, 5.74) is 2.32. The van der Waals surface area contributed by atoms with E-state index in [0.717, 1.165) is 12.1 Å². The van der Waals surface area contributed by atoms with Gasteiger partial charge in [0.15, 0.2) is 0 Å². The van der Waals surface area contributed by atoms with E-state index < -0.39 is 0 Å². The molecule has 0 spiro atoms. The molecule has 0 aliphatic carbocycles. The van der Waals surface area contributed by atoms with E-state index >= 15 is 0 Å². The number of likely N-dealkylation sites (N-methyl/N-ethyl adjacent to an activating group) is 1. The topological polar surface area (TPSA) is 24.9 Å². The molecular formula is C15H20Cl2N2. The first kappa shape index (κ1) is 17.9. The standard InChI is InChI=1S/C15H18N2.2ClH/c1-15(16-2,13-8-4-3-5-9-13)12-14-10-6-7-11-17-14;;/h3-11,16H,12H2,1-2H3;2*1H. The Kier molecular flexibility index (Phi) is 7.69. The van der Waals surface area contributed by atoms with Crippen molar-refractivity contribution in [3.05, 3.63) is 66.0 Å². The molecule has 19 heavy (non-hydrogen) atoms. The van der Waals surface area contributed by atoms with Gasteiger partial charge in [0, 0.05) is 23.9 Å². The van der Waals surface area contributed by atoms with Gasteiger partial charge in [0.25, 0.3) is 0 Å². The zero-order valence-corrected chi connectivity index (χ0v) is 12.8. The molecule has 1 atom stereocenters. The predicted octanol–water partition coefficient (Wildman–Crippen LogP) is 3.60. The first-order valence-electron chi connectivity index (χ1n) is 5.89. The number of halogens is 2. The van der Waals surface area contributed by atoms with Crippen LogP contribution in [0.4, 0.5) is 0 Å². The Bertz CT molecular complexity index is 462. The van der Waals surface area contributed by atoms with Crippen molar-refractivity contribution in [1.82, 2.24) is 10.3 Å². The molecular weight excluding hydrogens is 279 g/mol. The fraction of sp³-hybridized carbons (Fsp3) is 0.267. The van der Waals surface area contributed by atoms with Crippen LogP contribution in [0.3, 0.4) is 0 Å². The lowest BCUT2D eigenvalue weighted by Gasteiger charge is -2.29. The highest BCUT2D eigenvalue weighted by molar-refractivity contribution is 5.85. The van der Waals surface area contributed by atoms with Crippen LogP contribution in [-0.4, -0.2) is 12.0 Å². The van der Waals surface area contributed by atoms with Gasteiger partial charge in [0.05, 0.1) is 0 Å². The predicted molar refractivity (Wildman–Crippen MR) is 85.3 cm³/mol. The van der Waals surface area contributed by atoms with Gasteiger partial charge in [0.1, 0.15) is 0 Å². The van der Waals surface area contributed by atoms with Gasteiger partial charge in [-0.3, -0.25) is 4.98 Å². The molecule has 1 N–H and O–H groups in total. The average Bonchev–Trinajstić information content (AvgIpc) is 2.41. The number of aromatic nitrogens is 1. The molecule has 2 aromatic rings. The maximum atomic E-state index is 4.40. The Labute approximate surface area is 127 Å². The maximum Gasteiger partial charge on any atom is 0.0459 e. The van der Waals surface area contributed by atoms with Crippen molar-refractivity contribution in [3.8, 4) is 0 Å². The summed E-state index contributed by atoms with van der Waals surface area (Å²) >= 11 is 0. The molecule has 0 amide bonds. The highest BCUT2D eigenvalue weighted by atomic mass is 35.5. The number of nitrogens with one attached hydrogen (secondary N) is 1. The molecule has 0 bridgehead atoms. The van der Waals surface area contributed by atoms with E-state index in [-0.39, 0.29) is 30.4 Å². The van der Waals surface area contributed by atoms with E-state index in [2.05, 4.69) is 47.6 Å². The normalized spacial score (nSPS) is 12.7. The largest absolute Gasteiger partial charge is 0.310 e. The van der Waals surface area contributed by atoms with Crippen molar-refractivity contribution in [1.29, 1.82) is 0 Å². The minimum atomic E-state index is -0.0738. The number of benzene rings is 1. The second-order valence-corrected chi connectivity index (χ2v) is 4.45. The third kappa shape index (κ3) is 4.50. The molecule has 0 saturated heterocycles. The van der Waals surface area contributed by atoms with Crippen LogP contribution in [0.15, 0.2) is 54.7 Å². The van der Waals surface area contributed by atoms with Crippen molar-refractivity contribution in [2.75, 3.05) is 7.05 Å². The lowest BCUT2D eigenvalue weighted by molar-refractivity contribution is 0.393. The third-order valence-corrected chi connectivity index (χ3v) is 3.22. The van der Waals surface area contributed by atoms with E-state index in [9.17, 15) is 0 Å². The number of nitrogens with zero attached hydrogens (tertiary/aromatic N) is 1. The maximum absolute atomic E-state index is 4.40. The molecule has 2 nitrogen and oxygen atoms in total. The summed E-state index contributed by atoms with van der Waals surface area (Å²) in [6, 6.07) is 16.5. The summed E-state index contributed by atoms with van der Waals surface area (Å²) < 4.78 is 0. The van der Waals surface area contributed by atoms with Crippen LogP contribution in [0.5, 0.6) is 0 Å². The molecule has 0 aliphatic heterocycles. The molecule has 2 rings (SSSR count). The van der Waals surface area contributed by atoms with E-state index in [1.807, 2.05) is 31.4 Å². The molecule has 0 aliphatic rings. The van der Waals surface area contributed by atoms with E-state index in [1.165, 1.54) is 5.56 Å². The van der Waals surface area contributed by atoms with Crippen molar-refractivity contribution >= 4 is 24.8 Å². The van der Waals surface area contributed by atoms with Crippen molar-refractivity contribution in [2.24, 2.45) is 0 Å². The van der Waals surface area contributed by atoms with Crippen LogP contribution >= 0.6 is 24.8 Å². The molecule has 1 aromatic carbocycles. The van der Waals surface area contributed by atoms with Crippen molar-refractivity contribution < 1.29 is 0 Å². The van der Waals surface area contributed by atoms with Crippen LogP contribution in [0.2, 0.25) is 0 Å². The molecule has 1 heterocycles. The van der Waals surface area contributed by atoms with Crippen molar-refractivity contribution in [2.45, 2.75) is 18.9 Å². The summed E-state index contributed by atoms with van der Waals surface area (Å²) in [6.45, 7) is 2.21. The molecule has 0 saturated carbocycles. The summed E-state index contributed by atoms with van der Waals surface area (Å²) in [7, 11) is 2.00. The first-order chi connectivity index (χ1) is 8.24. The SMILES string of the molecule is CNC(C)(Cc1ccccn1)c1ccccc1.Cl.Cl. The Balaban J connectivity index is 0.00000162. The summed E-state index contributed by atoms with van der Waals surface area (Å²) in [5, 5.41) is 3.40. The smallest absolute Gasteiger partial charge is 0.0459 e. The van der Waals surface area contributed by atoms with Crippen molar-refractivity contribution in [3.63, 3.8) is 0 Å². The molecule has 0 radical (unpaired) electrons. The van der Waals surface area contributed by atoms with Gasteiger partial charge in [-0.1, -0.05) is 36.4 Å². The van der Waals surface area contributed by atoms with Crippen LogP contribution in [0.25, 0.3) is 0 Å². The van der Waals surface area contributed by atoms with Gasteiger partial charge >= 0.3 is 0 Å². The fourth-order valence-corrected chi connectivity index (χ4v) is 2.01. The fourth-order valence-electron chi connectivity index (χ4n) is 2.01. The molecule has 4 heteroatoms. The molecule has 1 unspecified atom stereocenters. The highest BCUT2D eigenvalue weighted by Crippen LogP contribution is 2.23. The van der Waals surface area contributed by atoms with E-state index in [0.29, 0.717) is 0 Å². The van der Waals surface area contributed by atoms with Gasteiger partial charge in [-0.2, -0.15) is 0 Å². The second-order valence-electron chi connectivity index (χ2n) is 4.45. The quantitative estimate of drug-likeness (QED) is 0.933.